The number of piperidine rings is 1. The molecular weight excluding hydrogens is 384 g/mol. The van der Waals surface area contributed by atoms with Crippen LogP contribution in [0.4, 0.5) is 5.69 Å². The molecule has 1 fully saturated rings. The highest BCUT2D eigenvalue weighted by Gasteiger charge is 2.33. The lowest BCUT2D eigenvalue weighted by Gasteiger charge is -2.35. The first-order chi connectivity index (χ1) is 13.9. The lowest BCUT2D eigenvalue weighted by molar-refractivity contribution is 0.0975. The number of para-hydroxylation sites is 1. The Balaban J connectivity index is 1.68. The molecule has 1 saturated heterocycles. The Kier molecular flexibility index (Phi) is 5.49. The zero-order valence-electron chi connectivity index (χ0n) is 17.0. The quantitative estimate of drug-likeness (QED) is 0.758. The summed E-state index contributed by atoms with van der Waals surface area (Å²) in [5, 5.41) is 0. The number of nitrogens with zero attached hydrogens (tertiary/aromatic N) is 2. The fourth-order valence-corrected chi connectivity index (χ4v) is 6.24. The van der Waals surface area contributed by atoms with E-state index in [1.54, 1.807) is 28.6 Å². The maximum Gasteiger partial charge on any atom is 0.258 e. The lowest BCUT2D eigenvalue weighted by Crippen LogP contribution is -2.43. The maximum atomic E-state index is 13.4. The van der Waals surface area contributed by atoms with Gasteiger partial charge in [0.15, 0.2) is 0 Å². The van der Waals surface area contributed by atoms with Crippen LogP contribution in [0.3, 0.4) is 0 Å². The van der Waals surface area contributed by atoms with Crippen LogP contribution in [-0.4, -0.2) is 37.3 Å². The first kappa shape index (κ1) is 20.1. The second-order valence-electron chi connectivity index (χ2n) is 8.18. The molecule has 0 saturated carbocycles. The van der Waals surface area contributed by atoms with Crippen LogP contribution in [0, 0.1) is 0 Å². The van der Waals surface area contributed by atoms with E-state index in [1.165, 1.54) is 0 Å². The molecular formula is C23H28N2O3S. The summed E-state index contributed by atoms with van der Waals surface area (Å²) >= 11 is 0. The molecule has 2 aromatic carbocycles. The van der Waals surface area contributed by atoms with Crippen molar-refractivity contribution in [2.24, 2.45) is 0 Å². The van der Waals surface area contributed by atoms with Gasteiger partial charge in [0, 0.05) is 29.9 Å². The summed E-state index contributed by atoms with van der Waals surface area (Å²) in [5.41, 5.74) is 2.50. The molecule has 2 unspecified atom stereocenters. The van der Waals surface area contributed by atoms with Gasteiger partial charge in [-0.25, -0.2) is 8.42 Å². The van der Waals surface area contributed by atoms with Gasteiger partial charge < -0.3 is 4.90 Å². The largest absolute Gasteiger partial charge is 0.305 e. The summed E-state index contributed by atoms with van der Waals surface area (Å²) in [6.07, 6.45) is 4.65. The van der Waals surface area contributed by atoms with Crippen molar-refractivity contribution in [3.63, 3.8) is 0 Å². The SMILES string of the molecule is CC1CCc2ccccc2N1C(=O)c1cccc(S(=O)(=O)N2CCCCC2C)c1. The molecule has 6 heteroatoms. The standard InChI is InChI=1S/C23H28N2O3S/c1-17-8-5-6-15-24(17)29(27,28)21-11-7-10-20(16-21)23(26)25-18(2)13-14-19-9-3-4-12-22(19)25/h3-4,7,9-12,16-18H,5-6,8,13-15H2,1-2H3. The second-order valence-corrected chi connectivity index (χ2v) is 10.1. The molecule has 154 valence electrons. The van der Waals surface area contributed by atoms with Gasteiger partial charge in [0.25, 0.3) is 5.91 Å². The summed E-state index contributed by atoms with van der Waals surface area (Å²) in [5.74, 6) is -0.145. The number of anilines is 1. The summed E-state index contributed by atoms with van der Waals surface area (Å²) in [7, 11) is -3.61. The van der Waals surface area contributed by atoms with Crippen LogP contribution in [0.25, 0.3) is 0 Å². The number of hydrogen-bond acceptors (Lipinski definition) is 3. The number of sulfonamides is 1. The maximum absolute atomic E-state index is 13.4. The third-order valence-electron chi connectivity index (χ3n) is 6.17. The lowest BCUT2D eigenvalue weighted by atomic mass is 9.96. The van der Waals surface area contributed by atoms with Gasteiger partial charge in [-0.15, -0.1) is 0 Å². The third kappa shape index (κ3) is 3.71. The number of carbonyl (C=O) groups is 1. The molecule has 4 rings (SSSR count). The highest BCUT2D eigenvalue weighted by molar-refractivity contribution is 7.89. The van der Waals surface area contributed by atoms with Crippen LogP contribution in [0.1, 0.15) is 55.5 Å². The Morgan fingerprint density at radius 2 is 1.76 bits per heavy atom. The van der Waals surface area contributed by atoms with Crippen molar-refractivity contribution < 1.29 is 13.2 Å². The van der Waals surface area contributed by atoms with Crippen LogP contribution in [0.5, 0.6) is 0 Å². The topological polar surface area (TPSA) is 57.7 Å². The van der Waals surface area contributed by atoms with Gasteiger partial charge in [0.05, 0.1) is 4.90 Å². The first-order valence-electron chi connectivity index (χ1n) is 10.4. The van der Waals surface area contributed by atoms with Gasteiger partial charge in [0.1, 0.15) is 0 Å². The van der Waals surface area contributed by atoms with E-state index in [2.05, 4.69) is 6.07 Å². The zero-order valence-corrected chi connectivity index (χ0v) is 17.9. The van der Waals surface area contributed by atoms with E-state index in [-0.39, 0.29) is 22.9 Å². The summed E-state index contributed by atoms with van der Waals surface area (Å²) in [4.78, 5) is 15.4. The average molecular weight is 413 g/mol. The van der Waals surface area contributed by atoms with Gasteiger partial charge in [-0.05, 0) is 69.4 Å². The summed E-state index contributed by atoms with van der Waals surface area (Å²) in [6.45, 7) is 4.54. The van der Waals surface area contributed by atoms with E-state index < -0.39 is 10.0 Å². The Morgan fingerprint density at radius 1 is 0.966 bits per heavy atom. The number of benzene rings is 2. The predicted octanol–water partition coefficient (Wildman–Crippen LogP) is 4.23. The van der Waals surface area contributed by atoms with Crippen LogP contribution in [0.15, 0.2) is 53.4 Å². The van der Waals surface area contributed by atoms with Gasteiger partial charge in [-0.2, -0.15) is 4.31 Å². The van der Waals surface area contributed by atoms with Crippen LogP contribution in [0.2, 0.25) is 0 Å². The molecule has 0 N–H and O–H groups in total. The zero-order chi connectivity index (χ0) is 20.6. The van der Waals surface area contributed by atoms with Gasteiger partial charge in [0.2, 0.25) is 10.0 Å². The minimum atomic E-state index is -3.61. The van der Waals surface area contributed by atoms with Crippen molar-refractivity contribution in [3.05, 3.63) is 59.7 Å². The molecule has 2 atom stereocenters. The molecule has 0 radical (unpaired) electrons. The van der Waals surface area contributed by atoms with Gasteiger partial charge >= 0.3 is 0 Å². The third-order valence-corrected chi connectivity index (χ3v) is 8.18. The Bertz CT molecular complexity index is 1020. The minimum Gasteiger partial charge on any atom is -0.305 e. The molecule has 5 nitrogen and oxygen atoms in total. The van der Waals surface area contributed by atoms with Crippen molar-refractivity contribution in [1.82, 2.24) is 4.31 Å². The van der Waals surface area contributed by atoms with E-state index in [4.69, 9.17) is 0 Å². The van der Waals surface area contributed by atoms with E-state index in [9.17, 15) is 13.2 Å². The predicted molar refractivity (Wildman–Crippen MR) is 115 cm³/mol. The second kappa shape index (κ2) is 7.92. The van der Waals surface area contributed by atoms with Crippen molar-refractivity contribution in [2.45, 2.75) is 62.9 Å². The molecule has 0 aromatic heterocycles. The number of carbonyl (C=O) groups excluding carboxylic acids is 1. The number of amides is 1. The fourth-order valence-electron chi connectivity index (χ4n) is 4.49. The van der Waals surface area contributed by atoms with Crippen molar-refractivity contribution in [2.75, 3.05) is 11.4 Å². The van der Waals surface area contributed by atoms with E-state index >= 15 is 0 Å². The van der Waals surface area contributed by atoms with Crippen LogP contribution >= 0.6 is 0 Å². The molecule has 2 aliphatic rings. The number of rotatable bonds is 3. The number of fused-ring (bicyclic) bond motifs is 1. The van der Waals surface area contributed by atoms with Crippen LogP contribution in [-0.2, 0) is 16.4 Å². The smallest absolute Gasteiger partial charge is 0.258 e. The number of aryl methyl sites for hydroxylation is 1. The summed E-state index contributed by atoms with van der Waals surface area (Å²) < 4.78 is 28.0. The van der Waals surface area contributed by atoms with Gasteiger partial charge in [-0.1, -0.05) is 30.7 Å². The van der Waals surface area contributed by atoms with E-state index in [0.29, 0.717) is 12.1 Å². The molecule has 2 heterocycles. The van der Waals surface area contributed by atoms with Crippen molar-refractivity contribution >= 4 is 21.6 Å². The number of hydrogen-bond donors (Lipinski definition) is 0. The molecule has 0 spiro atoms. The van der Waals surface area contributed by atoms with E-state index in [1.807, 2.05) is 36.9 Å². The Hall–Kier alpha value is -2.18. The Morgan fingerprint density at radius 3 is 2.55 bits per heavy atom. The Labute approximate surface area is 173 Å². The van der Waals surface area contributed by atoms with Crippen molar-refractivity contribution in [1.29, 1.82) is 0 Å². The molecule has 0 aliphatic carbocycles. The monoisotopic (exact) mass is 412 g/mol. The van der Waals surface area contributed by atoms with E-state index in [0.717, 1.165) is 43.4 Å². The highest BCUT2D eigenvalue weighted by Crippen LogP contribution is 2.32. The fraction of sp³-hybridized carbons (Fsp3) is 0.435. The van der Waals surface area contributed by atoms with Crippen molar-refractivity contribution in [3.8, 4) is 0 Å². The first-order valence-corrected chi connectivity index (χ1v) is 11.9. The van der Waals surface area contributed by atoms with Crippen LogP contribution < -0.4 is 4.90 Å². The summed E-state index contributed by atoms with van der Waals surface area (Å²) in [6, 6.07) is 14.5. The van der Waals surface area contributed by atoms with Gasteiger partial charge in [-0.3, -0.25) is 4.79 Å². The minimum absolute atomic E-state index is 0.0119. The average Bonchev–Trinajstić information content (AvgIpc) is 2.73. The highest BCUT2D eigenvalue weighted by atomic mass is 32.2. The molecule has 0 bridgehead atoms. The molecule has 2 aromatic rings. The normalized spacial score (nSPS) is 22.9. The molecule has 1 amide bonds. The molecule has 29 heavy (non-hydrogen) atoms. The molecule has 2 aliphatic heterocycles.